The van der Waals surface area contributed by atoms with Crippen LogP contribution in [0.2, 0.25) is 0 Å². The Kier molecular flexibility index (Phi) is 6.04. The van der Waals surface area contributed by atoms with Crippen molar-refractivity contribution in [2.24, 2.45) is 0 Å². The Morgan fingerprint density at radius 3 is 1.81 bits per heavy atom. The van der Waals surface area contributed by atoms with E-state index >= 15 is 0 Å². The quantitative estimate of drug-likeness (QED) is 0.623. The van der Waals surface area contributed by atoms with Crippen LogP contribution in [0.5, 0.6) is 0 Å². The highest BCUT2D eigenvalue weighted by Gasteiger charge is 2.37. The molecular weight excluding hydrogens is 338 g/mol. The van der Waals surface area contributed by atoms with Crippen molar-refractivity contribution in [2.75, 3.05) is 26.7 Å². The van der Waals surface area contributed by atoms with Crippen LogP contribution in [0.25, 0.3) is 0 Å². The number of epoxide rings is 3. The Hall–Kier alpha value is -1.38. The first-order valence-electron chi connectivity index (χ1n) is 9.63. The predicted octanol–water partition coefficient (Wildman–Crippen LogP) is 1.58. The van der Waals surface area contributed by atoms with E-state index in [-0.39, 0.29) is 48.7 Å². The molecule has 0 saturated carbocycles. The lowest BCUT2D eigenvalue weighted by atomic mass is 10.2. The van der Waals surface area contributed by atoms with E-state index in [1.165, 1.54) is 4.90 Å². The third-order valence-electron chi connectivity index (χ3n) is 5.40. The van der Waals surface area contributed by atoms with Crippen molar-refractivity contribution < 1.29 is 23.8 Å². The van der Waals surface area contributed by atoms with Gasteiger partial charge >= 0.3 is 12.1 Å². The fourth-order valence-corrected chi connectivity index (χ4v) is 3.18. The maximum absolute atomic E-state index is 12.8. The minimum atomic E-state index is -0.348. The summed E-state index contributed by atoms with van der Waals surface area (Å²) in [7, 11) is 1.73. The lowest BCUT2D eigenvalue weighted by Crippen LogP contribution is -2.50. The summed E-state index contributed by atoms with van der Waals surface area (Å²) in [5.41, 5.74) is 0. The Bertz CT molecular complexity index is 531. The van der Waals surface area contributed by atoms with Crippen molar-refractivity contribution in [3.05, 3.63) is 0 Å². The van der Waals surface area contributed by atoms with E-state index in [4.69, 9.17) is 14.2 Å². The molecule has 3 saturated heterocycles. The molecule has 0 radical (unpaired) electrons. The summed E-state index contributed by atoms with van der Waals surface area (Å²) in [6.07, 6.45) is 3.59. The predicted molar refractivity (Wildman–Crippen MR) is 95.0 cm³/mol. The Morgan fingerprint density at radius 1 is 0.846 bits per heavy atom. The van der Waals surface area contributed by atoms with Gasteiger partial charge in [-0.1, -0.05) is 0 Å². The number of carbonyl (C=O) groups excluding carboxylic acids is 2. The van der Waals surface area contributed by atoms with Gasteiger partial charge in [-0.15, -0.1) is 0 Å². The maximum atomic E-state index is 12.8. The number of hydrogen-bond donors (Lipinski definition) is 1. The highest BCUT2D eigenvalue weighted by molar-refractivity contribution is 5.93. The second-order valence-corrected chi connectivity index (χ2v) is 7.59. The molecule has 0 aliphatic carbocycles. The van der Waals surface area contributed by atoms with Crippen molar-refractivity contribution in [1.29, 1.82) is 0 Å². The zero-order valence-corrected chi connectivity index (χ0v) is 16.1. The number of amides is 4. The fourth-order valence-electron chi connectivity index (χ4n) is 3.18. The lowest BCUT2D eigenvalue weighted by molar-refractivity contribution is 0.158. The number of carbonyl (C=O) groups is 2. The van der Waals surface area contributed by atoms with Gasteiger partial charge in [-0.25, -0.2) is 14.5 Å². The van der Waals surface area contributed by atoms with Crippen LogP contribution in [0.1, 0.15) is 40.0 Å². The first-order chi connectivity index (χ1) is 12.4. The molecule has 6 unspecified atom stereocenters. The normalized spacial score (nSPS) is 34.2. The number of nitrogens with one attached hydrogen (secondary N) is 1. The molecule has 0 bridgehead atoms. The SMILES string of the molecule is CC1OC1CCNC(=O)N(CCC1OC1C)C(=O)N(C)CCC1OC1C. The number of urea groups is 2. The smallest absolute Gasteiger partial charge is 0.327 e. The molecule has 148 valence electrons. The Balaban J connectivity index is 1.46. The first kappa shape index (κ1) is 19.4. The standard InChI is InChI=1S/C18H31N3O5/c1-11-14(24-11)5-8-19-17(22)21(10-7-16-13(3)26-16)18(23)20(4)9-6-15-12(2)25-15/h11-16H,5-10H2,1-4H3,(H,19,22). The van der Waals surface area contributed by atoms with Gasteiger partial charge in [0.05, 0.1) is 36.6 Å². The monoisotopic (exact) mass is 369 g/mol. The largest absolute Gasteiger partial charge is 0.370 e. The van der Waals surface area contributed by atoms with Crippen LogP contribution in [0.3, 0.4) is 0 Å². The minimum absolute atomic E-state index is 0.143. The van der Waals surface area contributed by atoms with Crippen LogP contribution < -0.4 is 5.32 Å². The molecule has 0 aromatic rings. The van der Waals surface area contributed by atoms with Gasteiger partial charge in [0.1, 0.15) is 0 Å². The molecular formula is C18H31N3O5. The van der Waals surface area contributed by atoms with E-state index in [0.29, 0.717) is 26.1 Å². The molecule has 3 heterocycles. The summed E-state index contributed by atoms with van der Waals surface area (Å²) in [6, 6.07) is -0.625. The van der Waals surface area contributed by atoms with Crippen molar-refractivity contribution in [3.63, 3.8) is 0 Å². The zero-order valence-electron chi connectivity index (χ0n) is 16.1. The van der Waals surface area contributed by atoms with Gasteiger partial charge in [0, 0.05) is 26.7 Å². The van der Waals surface area contributed by atoms with Crippen molar-refractivity contribution >= 4 is 12.1 Å². The van der Waals surface area contributed by atoms with E-state index in [9.17, 15) is 9.59 Å². The zero-order chi connectivity index (χ0) is 18.8. The Morgan fingerprint density at radius 2 is 1.31 bits per heavy atom. The number of imide groups is 1. The summed E-state index contributed by atoms with van der Waals surface area (Å²) >= 11 is 0. The topological polar surface area (TPSA) is 90.2 Å². The molecule has 1 N–H and O–H groups in total. The highest BCUT2D eigenvalue weighted by Crippen LogP contribution is 2.26. The first-order valence-corrected chi connectivity index (χ1v) is 9.63. The second kappa shape index (κ2) is 8.10. The third-order valence-corrected chi connectivity index (χ3v) is 5.40. The van der Waals surface area contributed by atoms with Crippen molar-refractivity contribution in [2.45, 2.75) is 76.7 Å². The molecule has 0 aromatic heterocycles. The van der Waals surface area contributed by atoms with Crippen LogP contribution in [-0.4, -0.2) is 85.2 Å². The molecule has 26 heavy (non-hydrogen) atoms. The number of ether oxygens (including phenoxy) is 3. The van der Waals surface area contributed by atoms with Gasteiger partial charge in [-0.2, -0.15) is 0 Å². The van der Waals surface area contributed by atoms with Gasteiger partial charge in [0.2, 0.25) is 0 Å². The summed E-state index contributed by atoms with van der Waals surface area (Å²) in [4.78, 5) is 28.2. The maximum Gasteiger partial charge on any atom is 0.327 e. The highest BCUT2D eigenvalue weighted by atomic mass is 16.6. The van der Waals surface area contributed by atoms with E-state index in [1.807, 2.05) is 20.8 Å². The summed E-state index contributed by atoms with van der Waals surface area (Å²) < 4.78 is 16.1. The number of rotatable bonds is 9. The van der Waals surface area contributed by atoms with Crippen LogP contribution in [-0.2, 0) is 14.2 Å². The fraction of sp³-hybridized carbons (Fsp3) is 0.889. The lowest BCUT2D eigenvalue weighted by Gasteiger charge is -2.26. The van der Waals surface area contributed by atoms with Gasteiger partial charge in [0.25, 0.3) is 0 Å². The van der Waals surface area contributed by atoms with Gasteiger partial charge in [0.15, 0.2) is 0 Å². The van der Waals surface area contributed by atoms with E-state index in [1.54, 1.807) is 11.9 Å². The number of hydrogen-bond acceptors (Lipinski definition) is 5. The third kappa shape index (κ3) is 5.31. The molecule has 8 heteroatoms. The Labute approximate surface area is 155 Å². The van der Waals surface area contributed by atoms with Crippen molar-refractivity contribution in [3.8, 4) is 0 Å². The van der Waals surface area contributed by atoms with Crippen LogP contribution >= 0.6 is 0 Å². The van der Waals surface area contributed by atoms with Crippen LogP contribution in [0.4, 0.5) is 9.59 Å². The molecule has 6 atom stereocenters. The number of nitrogens with zero attached hydrogens (tertiary/aromatic N) is 2. The molecule has 8 nitrogen and oxygen atoms in total. The van der Waals surface area contributed by atoms with Crippen LogP contribution in [0.15, 0.2) is 0 Å². The van der Waals surface area contributed by atoms with E-state index in [2.05, 4.69) is 5.32 Å². The molecule has 3 aliphatic rings. The van der Waals surface area contributed by atoms with E-state index < -0.39 is 0 Å². The summed E-state index contributed by atoms with van der Waals surface area (Å²) in [5.74, 6) is 0. The molecule has 0 aromatic carbocycles. The average Bonchev–Trinajstić information content (AvgIpc) is 3.53. The molecule has 0 spiro atoms. The van der Waals surface area contributed by atoms with Gasteiger partial charge < -0.3 is 24.4 Å². The van der Waals surface area contributed by atoms with Gasteiger partial charge in [-0.05, 0) is 40.0 Å². The van der Waals surface area contributed by atoms with E-state index in [0.717, 1.165) is 12.8 Å². The minimum Gasteiger partial charge on any atom is -0.370 e. The molecule has 4 amide bonds. The van der Waals surface area contributed by atoms with Crippen molar-refractivity contribution in [1.82, 2.24) is 15.1 Å². The average molecular weight is 369 g/mol. The second-order valence-electron chi connectivity index (χ2n) is 7.59. The summed E-state index contributed by atoms with van der Waals surface area (Å²) in [6.45, 7) is 7.46. The molecule has 3 fully saturated rings. The van der Waals surface area contributed by atoms with Crippen LogP contribution in [0, 0.1) is 0 Å². The van der Waals surface area contributed by atoms with Gasteiger partial charge in [-0.3, -0.25) is 0 Å². The summed E-state index contributed by atoms with van der Waals surface area (Å²) in [5, 5.41) is 2.84. The molecule has 3 aliphatic heterocycles. The molecule has 3 rings (SSSR count).